The normalized spacial score (nSPS) is 34.2. The van der Waals surface area contributed by atoms with Gasteiger partial charge < -0.3 is 5.73 Å². The van der Waals surface area contributed by atoms with Gasteiger partial charge in [-0.2, -0.15) is 0 Å². The van der Waals surface area contributed by atoms with E-state index in [4.69, 9.17) is 5.73 Å². The van der Waals surface area contributed by atoms with Crippen molar-refractivity contribution < 1.29 is 4.79 Å². The summed E-state index contributed by atoms with van der Waals surface area (Å²) in [5.74, 6) is 0.710. The molecule has 2 N–H and O–H groups in total. The number of para-hydroxylation sites is 1. The van der Waals surface area contributed by atoms with Gasteiger partial charge in [0, 0.05) is 16.7 Å². The number of allylic oxidation sites excluding steroid dienone is 1. The van der Waals surface area contributed by atoms with E-state index in [0.29, 0.717) is 11.7 Å². The Labute approximate surface area is 114 Å². The van der Waals surface area contributed by atoms with E-state index in [-0.39, 0.29) is 10.8 Å². The molecule has 3 rings (SSSR count). The number of rotatable bonds is 1. The highest BCUT2D eigenvalue weighted by molar-refractivity contribution is 6.08. The molecule has 2 aliphatic carbocycles. The molecule has 2 fully saturated rings. The number of Topliss-reactive ketones (excluding diaryl/α,β-unsaturated/α-hetero) is 1. The van der Waals surface area contributed by atoms with Crippen LogP contribution >= 0.6 is 0 Å². The van der Waals surface area contributed by atoms with Crippen LogP contribution in [0.2, 0.25) is 0 Å². The molecule has 0 heterocycles. The summed E-state index contributed by atoms with van der Waals surface area (Å²) in [5, 5.41) is 0. The average Bonchev–Trinajstić information content (AvgIpc) is 2.66. The van der Waals surface area contributed by atoms with Gasteiger partial charge in [-0.25, -0.2) is 0 Å². The summed E-state index contributed by atoms with van der Waals surface area (Å²) in [6, 6.07) is 7.76. The summed E-state index contributed by atoms with van der Waals surface area (Å²) >= 11 is 0. The lowest BCUT2D eigenvalue weighted by Gasteiger charge is -2.31. The van der Waals surface area contributed by atoms with E-state index < -0.39 is 0 Å². The lowest BCUT2D eigenvalue weighted by atomic mass is 9.70. The van der Waals surface area contributed by atoms with Gasteiger partial charge in [-0.1, -0.05) is 39.0 Å². The van der Waals surface area contributed by atoms with E-state index in [1.54, 1.807) is 0 Å². The number of nitrogen functional groups attached to an aromatic ring is 1. The number of hydrogen-bond donors (Lipinski definition) is 1. The van der Waals surface area contributed by atoms with Crippen molar-refractivity contribution >= 4 is 17.5 Å². The number of fused-ring (bicyclic) bond motifs is 2. The molecule has 2 aliphatic rings. The van der Waals surface area contributed by atoms with Gasteiger partial charge in [0.15, 0.2) is 5.78 Å². The van der Waals surface area contributed by atoms with Crippen LogP contribution in [-0.2, 0) is 4.79 Å². The van der Waals surface area contributed by atoms with E-state index in [2.05, 4.69) is 20.8 Å². The zero-order valence-electron chi connectivity index (χ0n) is 11.9. The third kappa shape index (κ3) is 1.46. The summed E-state index contributed by atoms with van der Waals surface area (Å²) < 4.78 is 0. The molecule has 0 aromatic heterocycles. The van der Waals surface area contributed by atoms with Crippen molar-refractivity contribution in [1.29, 1.82) is 0 Å². The second kappa shape index (κ2) is 3.72. The van der Waals surface area contributed by atoms with Gasteiger partial charge in [-0.05, 0) is 41.9 Å². The fourth-order valence-electron chi connectivity index (χ4n) is 3.90. The Bertz CT molecular complexity index is 585. The fraction of sp³-hybridized carbons (Fsp3) is 0.471. The first-order chi connectivity index (χ1) is 8.88. The van der Waals surface area contributed by atoms with Crippen LogP contribution in [0.4, 0.5) is 5.69 Å². The van der Waals surface area contributed by atoms with Crippen molar-refractivity contribution in [2.24, 2.45) is 16.7 Å². The van der Waals surface area contributed by atoms with Crippen molar-refractivity contribution in [1.82, 2.24) is 0 Å². The largest absolute Gasteiger partial charge is 0.398 e. The van der Waals surface area contributed by atoms with Crippen molar-refractivity contribution in [2.45, 2.75) is 33.6 Å². The van der Waals surface area contributed by atoms with E-state index in [1.165, 1.54) is 0 Å². The molecule has 0 unspecified atom stereocenters. The molecule has 2 heteroatoms. The van der Waals surface area contributed by atoms with Crippen molar-refractivity contribution in [3.63, 3.8) is 0 Å². The first-order valence-corrected chi connectivity index (χ1v) is 6.99. The molecule has 2 bridgehead atoms. The first-order valence-electron chi connectivity index (χ1n) is 6.99. The molecule has 0 aliphatic heterocycles. The van der Waals surface area contributed by atoms with Gasteiger partial charge in [0.1, 0.15) is 0 Å². The van der Waals surface area contributed by atoms with E-state index >= 15 is 0 Å². The van der Waals surface area contributed by atoms with Gasteiger partial charge in [0.25, 0.3) is 0 Å². The van der Waals surface area contributed by atoms with Crippen molar-refractivity contribution in [3.8, 4) is 0 Å². The smallest absolute Gasteiger partial charge is 0.165 e. The second-order valence-corrected chi connectivity index (χ2v) is 6.70. The number of anilines is 1. The molecule has 1 aromatic carbocycles. The van der Waals surface area contributed by atoms with E-state index in [0.717, 1.165) is 29.7 Å². The lowest BCUT2D eigenvalue weighted by molar-refractivity contribution is -0.125. The lowest BCUT2D eigenvalue weighted by Crippen LogP contribution is -2.32. The van der Waals surface area contributed by atoms with Gasteiger partial charge in [0.05, 0.1) is 0 Å². The highest BCUT2D eigenvalue weighted by atomic mass is 16.1. The van der Waals surface area contributed by atoms with Crippen LogP contribution in [0.3, 0.4) is 0 Å². The molecule has 19 heavy (non-hydrogen) atoms. The van der Waals surface area contributed by atoms with E-state index in [1.807, 2.05) is 30.3 Å². The van der Waals surface area contributed by atoms with Crippen LogP contribution in [0.1, 0.15) is 39.2 Å². The maximum absolute atomic E-state index is 12.7. The highest BCUT2D eigenvalue weighted by Crippen LogP contribution is 2.65. The van der Waals surface area contributed by atoms with Crippen LogP contribution in [0.25, 0.3) is 6.08 Å². The number of nitrogens with two attached hydrogens (primary N) is 1. The number of hydrogen-bond acceptors (Lipinski definition) is 2. The minimum absolute atomic E-state index is 0.0689. The zero-order valence-corrected chi connectivity index (χ0v) is 11.9. The summed E-state index contributed by atoms with van der Waals surface area (Å²) in [4.78, 5) is 12.7. The van der Waals surface area contributed by atoms with E-state index in [9.17, 15) is 4.79 Å². The predicted molar refractivity (Wildman–Crippen MR) is 78.5 cm³/mol. The molecule has 0 saturated heterocycles. The zero-order chi connectivity index (χ0) is 13.8. The maximum Gasteiger partial charge on any atom is 0.165 e. The highest BCUT2D eigenvalue weighted by Gasteiger charge is 2.63. The summed E-state index contributed by atoms with van der Waals surface area (Å²) in [6.45, 7) is 6.60. The molecule has 2 saturated carbocycles. The summed E-state index contributed by atoms with van der Waals surface area (Å²) in [6.07, 6.45) is 4.16. The quantitative estimate of drug-likeness (QED) is 0.614. The second-order valence-electron chi connectivity index (χ2n) is 6.70. The Balaban J connectivity index is 2.10. The SMILES string of the molecule is CC1(C)[C@@H]2CC[C@@]1(C)C(=O)/C2=C/c1ccccc1N. The molecule has 0 spiro atoms. The number of carbonyl (C=O) groups is 1. The van der Waals surface area contributed by atoms with Gasteiger partial charge >= 0.3 is 0 Å². The van der Waals surface area contributed by atoms with Crippen molar-refractivity contribution in [3.05, 3.63) is 35.4 Å². The van der Waals surface area contributed by atoms with Crippen molar-refractivity contribution in [2.75, 3.05) is 5.73 Å². The summed E-state index contributed by atoms with van der Waals surface area (Å²) in [5.41, 5.74) is 8.57. The fourth-order valence-corrected chi connectivity index (χ4v) is 3.90. The van der Waals surface area contributed by atoms with Gasteiger partial charge in [-0.3, -0.25) is 4.79 Å². The molecule has 2 atom stereocenters. The first kappa shape index (κ1) is 12.5. The number of carbonyl (C=O) groups excluding carboxylic acids is 1. The van der Waals surface area contributed by atoms with Crippen LogP contribution < -0.4 is 5.73 Å². The molecule has 1 aromatic rings. The number of benzene rings is 1. The van der Waals surface area contributed by atoms with Crippen LogP contribution in [-0.4, -0.2) is 5.78 Å². The predicted octanol–water partition coefficient (Wildman–Crippen LogP) is 3.68. The molecular weight excluding hydrogens is 234 g/mol. The van der Waals surface area contributed by atoms with Gasteiger partial charge in [-0.15, -0.1) is 0 Å². The Morgan fingerprint density at radius 3 is 2.53 bits per heavy atom. The minimum atomic E-state index is -0.187. The van der Waals surface area contributed by atoms with Crippen LogP contribution in [0.15, 0.2) is 29.8 Å². The van der Waals surface area contributed by atoms with Crippen LogP contribution in [0, 0.1) is 16.7 Å². The molecule has 0 radical (unpaired) electrons. The average molecular weight is 255 g/mol. The Kier molecular flexibility index (Phi) is 2.44. The van der Waals surface area contributed by atoms with Gasteiger partial charge in [0.2, 0.25) is 0 Å². The Hall–Kier alpha value is -1.57. The third-order valence-electron chi connectivity index (χ3n) is 5.67. The molecular formula is C17H21NO. The Morgan fingerprint density at radius 1 is 1.26 bits per heavy atom. The maximum atomic E-state index is 12.7. The Morgan fingerprint density at radius 2 is 1.95 bits per heavy atom. The van der Waals surface area contributed by atoms with Crippen LogP contribution in [0.5, 0.6) is 0 Å². The molecule has 100 valence electrons. The monoisotopic (exact) mass is 255 g/mol. The molecule has 2 nitrogen and oxygen atoms in total. The third-order valence-corrected chi connectivity index (χ3v) is 5.67. The minimum Gasteiger partial charge on any atom is -0.398 e. The standard InChI is InChI=1S/C17H21NO/c1-16(2)13-8-9-17(16,3)15(19)12(13)10-11-6-4-5-7-14(11)18/h4-7,10,13H,8-9,18H2,1-3H3/b12-10+/t13-,17+/m1/s1. The summed E-state index contributed by atoms with van der Waals surface area (Å²) in [7, 11) is 0. The number of ketones is 1. The molecule has 0 amide bonds. The topological polar surface area (TPSA) is 43.1 Å².